The van der Waals surface area contributed by atoms with Crippen LogP contribution in [-0.2, 0) is 0 Å². The number of furan rings is 1. The molecule has 4 nitrogen and oxygen atoms in total. The molecule has 0 fully saturated rings. The number of hydrogen-bond acceptors (Lipinski definition) is 4. The van der Waals surface area contributed by atoms with Crippen LogP contribution in [0.4, 0.5) is 0 Å². The Morgan fingerprint density at radius 3 is 1.55 bits per heavy atom. The zero-order valence-corrected chi connectivity index (χ0v) is 26.1. The van der Waals surface area contributed by atoms with Crippen molar-refractivity contribution in [1.82, 2.24) is 15.0 Å². The number of fused-ring (bicyclic) bond motifs is 3. The Labute approximate surface area is 291 Å². The van der Waals surface area contributed by atoms with E-state index in [-0.39, 0.29) is 23.0 Å². The summed E-state index contributed by atoms with van der Waals surface area (Å²) in [5, 5.41) is 1.79. The van der Waals surface area contributed by atoms with Crippen molar-refractivity contribution in [1.29, 1.82) is 0 Å². The Hall–Kier alpha value is -6.65. The molecule has 49 heavy (non-hydrogen) atoms. The van der Waals surface area contributed by atoms with Crippen LogP contribution in [0.25, 0.3) is 89.5 Å². The molecule has 0 aliphatic rings. The van der Waals surface area contributed by atoms with E-state index in [0.29, 0.717) is 22.3 Å². The highest BCUT2D eigenvalue weighted by Gasteiger charge is 2.19. The fraction of sp³-hybridized carbons (Fsp3) is 0. The van der Waals surface area contributed by atoms with Gasteiger partial charge in [-0.05, 0) is 39.9 Å². The van der Waals surface area contributed by atoms with E-state index in [0.717, 1.165) is 44.2 Å². The van der Waals surface area contributed by atoms with Gasteiger partial charge in [0.25, 0.3) is 0 Å². The number of aromatic nitrogens is 3. The minimum atomic E-state index is -0.489. The molecule has 0 amide bonds. The molecule has 4 heteroatoms. The molecule has 0 saturated heterocycles. The number of para-hydroxylation sites is 2. The first-order valence-corrected chi connectivity index (χ1v) is 16.0. The monoisotopic (exact) mass is 632 g/mol. The normalized spacial score (nSPS) is 12.7. The maximum atomic E-state index is 8.73. The maximum absolute atomic E-state index is 8.73. The van der Waals surface area contributed by atoms with Crippen molar-refractivity contribution in [3.05, 3.63) is 176 Å². The lowest BCUT2D eigenvalue weighted by atomic mass is 9.97. The van der Waals surface area contributed by atoms with Crippen molar-refractivity contribution in [3.63, 3.8) is 0 Å². The van der Waals surface area contributed by atoms with Crippen LogP contribution in [0, 0.1) is 0 Å². The van der Waals surface area contributed by atoms with Crippen molar-refractivity contribution in [2.75, 3.05) is 0 Å². The predicted molar refractivity (Wildman–Crippen MR) is 200 cm³/mol. The Morgan fingerprint density at radius 1 is 0.367 bits per heavy atom. The van der Waals surface area contributed by atoms with E-state index >= 15 is 0 Å². The van der Waals surface area contributed by atoms with E-state index in [2.05, 4.69) is 30.3 Å². The molecule has 7 aromatic carbocycles. The van der Waals surface area contributed by atoms with Crippen molar-refractivity contribution in [2.45, 2.75) is 0 Å². The second-order valence-electron chi connectivity index (χ2n) is 11.7. The minimum Gasteiger partial charge on any atom is -0.455 e. The lowest BCUT2D eigenvalue weighted by molar-refractivity contribution is 0.670. The van der Waals surface area contributed by atoms with Gasteiger partial charge in [-0.2, -0.15) is 0 Å². The predicted octanol–water partition coefficient (Wildman–Crippen LogP) is 11.8. The molecule has 0 N–H and O–H groups in total. The summed E-state index contributed by atoms with van der Waals surface area (Å²) in [6, 6.07) is 46.0. The van der Waals surface area contributed by atoms with E-state index in [1.807, 2.05) is 115 Å². The Bertz CT molecular complexity index is 2850. The molecule has 0 spiro atoms. The van der Waals surface area contributed by atoms with E-state index in [1.54, 1.807) is 0 Å². The average molecular weight is 633 g/mol. The van der Waals surface area contributed by atoms with Crippen LogP contribution in [-0.4, -0.2) is 15.0 Å². The van der Waals surface area contributed by atoms with Gasteiger partial charge in [-0.3, -0.25) is 0 Å². The molecule has 0 aliphatic heterocycles. The van der Waals surface area contributed by atoms with Crippen molar-refractivity contribution in [2.24, 2.45) is 0 Å². The number of rotatable bonds is 6. The lowest BCUT2D eigenvalue weighted by Crippen LogP contribution is -2.00. The fourth-order valence-corrected chi connectivity index (χ4v) is 6.26. The molecule has 0 bridgehead atoms. The second-order valence-corrected chi connectivity index (χ2v) is 11.7. The largest absolute Gasteiger partial charge is 0.455 e. The molecular formula is C45H29N3O. The second kappa shape index (κ2) is 12.2. The van der Waals surface area contributed by atoms with E-state index in [1.165, 1.54) is 0 Å². The van der Waals surface area contributed by atoms with Crippen LogP contribution in [0.1, 0.15) is 6.85 Å². The van der Waals surface area contributed by atoms with Gasteiger partial charge in [0.1, 0.15) is 11.2 Å². The molecule has 9 aromatic rings. The van der Waals surface area contributed by atoms with Crippen LogP contribution in [0.2, 0.25) is 0 Å². The minimum absolute atomic E-state index is 0.0364. The lowest BCUT2D eigenvalue weighted by Gasteiger charge is -2.09. The number of benzene rings is 7. The molecular weight excluding hydrogens is 599 g/mol. The Morgan fingerprint density at radius 2 is 0.857 bits per heavy atom. The van der Waals surface area contributed by atoms with Gasteiger partial charge in [0.05, 0.1) is 12.4 Å². The van der Waals surface area contributed by atoms with Gasteiger partial charge in [0.2, 0.25) is 0 Å². The van der Waals surface area contributed by atoms with E-state index in [4.69, 9.17) is 26.2 Å². The topological polar surface area (TPSA) is 51.8 Å². The first-order chi connectivity index (χ1) is 26.4. The third kappa shape index (κ3) is 5.35. The number of hydrogen-bond donors (Lipinski definition) is 0. The highest BCUT2D eigenvalue weighted by atomic mass is 16.3. The van der Waals surface area contributed by atoms with Crippen LogP contribution >= 0.6 is 0 Å². The molecule has 0 radical (unpaired) electrons. The maximum Gasteiger partial charge on any atom is 0.167 e. The Balaban J connectivity index is 1.24. The van der Waals surface area contributed by atoms with Crippen LogP contribution in [0.15, 0.2) is 180 Å². The SMILES string of the molecule is [2H]c1c([2H])c([2H])c(-c2nc(-c3ccc(-c4ccccc4)cc3)nc(-c3cccc4c3oc3c(-c5cccc(-c6ccccc6)c5)cccc34)n2)c([2H])c1[2H]. The van der Waals surface area contributed by atoms with Gasteiger partial charge in [-0.15, -0.1) is 0 Å². The van der Waals surface area contributed by atoms with Crippen molar-refractivity contribution in [3.8, 4) is 67.5 Å². The summed E-state index contributed by atoms with van der Waals surface area (Å²) < 4.78 is 49.1. The molecule has 0 atom stereocenters. The van der Waals surface area contributed by atoms with Gasteiger partial charge < -0.3 is 4.42 Å². The summed E-state index contributed by atoms with van der Waals surface area (Å²) in [5.74, 6) is 0.491. The fourth-order valence-electron chi connectivity index (χ4n) is 6.26. The van der Waals surface area contributed by atoms with Crippen LogP contribution < -0.4 is 0 Å². The third-order valence-corrected chi connectivity index (χ3v) is 8.66. The molecule has 9 rings (SSSR count). The summed E-state index contributed by atoms with van der Waals surface area (Å²) in [5.41, 5.74) is 8.63. The smallest absolute Gasteiger partial charge is 0.167 e. The average Bonchev–Trinajstić information content (AvgIpc) is 3.62. The standard InChI is InChI=1S/C45H29N3O/c1-4-13-30(14-5-1)32-25-27-34(28-26-32)44-46-43(33-17-8-3-9-18-33)47-45(48-44)40-24-12-23-39-38-22-11-21-37(41(38)49-42(39)40)36-20-10-19-35(29-36)31-15-6-2-7-16-31/h1-29H/i3D,8D,9D,17D,18D. The summed E-state index contributed by atoms with van der Waals surface area (Å²) in [6.07, 6.45) is 0. The van der Waals surface area contributed by atoms with Gasteiger partial charge in [-0.25, -0.2) is 15.0 Å². The van der Waals surface area contributed by atoms with Crippen LogP contribution in [0.3, 0.4) is 0 Å². The van der Waals surface area contributed by atoms with E-state index in [9.17, 15) is 0 Å². The molecule has 0 unspecified atom stereocenters. The zero-order chi connectivity index (χ0) is 36.9. The number of nitrogens with zero attached hydrogens (tertiary/aromatic N) is 3. The van der Waals surface area contributed by atoms with Gasteiger partial charge >= 0.3 is 0 Å². The quantitative estimate of drug-likeness (QED) is 0.183. The molecule has 230 valence electrons. The Kier molecular flexibility index (Phi) is 5.87. The molecule has 0 saturated carbocycles. The zero-order valence-electron chi connectivity index (χ0n) is 31.1. The summed E-state index contributed by atoms with van der Waals surface area (Å²) >= 11 is 0. The molecule has 2 aromatic heterocycles. The summed E-state index contributed by atoms with van der Waals surface area (Å²) in [4.78, 5) is 14.5. The molecule has 2 heterocycles. The van der Waals surface area contributed by atoms with E-state index < -0.39 is 30.2 Å². The molecule has 0 aliphatic carbocycles. The summed E-state index contributed by atoms with van der Waals surface area (Å²) in [7, 11) is 0. The van der Waals surface area contributed by atoms with Gasteiger partial charge in [0, 0.05) is 27.5 Å². The van der Waals surface area contributed by atoms with Crippen LogP contribution in [0.5, 0.6) is 0 Å². The third-order valence-electron chi connectivity index (χ3n) is 8.66. The highest BCUT2D eigenvalue weighted by molar-refractivity contribution is 6.12. The van der Waals surface area contributed by atoms with Gasteiger partial charge in [0.15, 0.2) is 17.5 Å². The first-order valence-electron chi connectivity index (χ1n) is 18.5. The highest BCUT2D eigenvalue weighted by Crippen LogP contribution is 2.40. The first kappa shape index (κ1) is 23.6. The van der Waals surface area contributed by atoms with Crippen molar-refractivity contribution >= 4 is 21.9 Å². The van der Waals surface area contributed by atoms with Crippen molar-refractivity contribution < 1.29 is 11.3 Å². The van der Waals surface area contributed by atoms with Gasteiger partial charge in [-0.1, -0.05) is 164 Å². The summed E-state index contributed by atoms with van der Waals surface area (Å²) in [6.45, 7) is 0.